The van der Waals surface area contributed by atoms with E-state index < -0.39 is 0 Å². The molecule has 6 heteroatoms. The van der Waals surface area contributed by atoms with Gasteiger partial charge in [0.25, 0.3) is 0 Å². The van der Waals surface area contributed by atoms with Gasteiger partial charge in [0.2, 0.25) is 5.89 Å². The van der Waals surface area contributed by atoms with Crippen molar-refractivity contribution in [3.05, 3.63) is 11.7 Å². The molecule has 0 unspecified atom stereocenters. The molecule has 0 aliphatic rings. The van der Waals surface area contributed by atoms with Crippen molar-refractivity contribution in [3.63, 3.8) is 0 Å². The lowest BCUT2D eigenvalue weighted by atomic mass is 10.1. The van der Waals surface area contributed by atoms with E-state index in [9.17, 15) is 4.79 Å². The summed E-state index contributed by atoms with van der Waals surface area (Å²) in [5.41, 5.74) is -0.255. The van der Waals surface area contributed by atoms with Crippen molar-refractivity contribution in [2.24, 2.45) is 0 Å². The zero-order valence-corrected chi connectivity index (χ0v) is 9.42. The topological polar surface area (TPSA) is 80.0 Å². The summed E-state index contributed by atoms with van der Waals surface area (Å²) < 4.78 is 4.84. The monoisotopic (exact) mass is 212 g/mol. The predicted molar refractivity (Wildman–Crippen MR) is 54.2 cm³/mol. The van der Waals surface area contributed by atoms with Crippen LogP contribution in [0.5, 0.6) is 0 Å². The summed E-state index contributed by atoms with van der Waals surface area (Å²) in [6.45, 7) is 7.68. The second kappa shape index (κ2) is 4.29. The molecule has 0 atom stereocenters. The molecule has 2 amide bonds. The van der Waals surface area contributed by atoms with E-state index in [1.807, 2.05) is 20.8 Å². The Kier molecular flexibility index (Phi) is 3.28. The fourth-order valence-corrected chi connectivity index (χ4v) is 0.953. The number of carbonyl (C=O) groups excluding carboxylic acids is 1. The molecule has 1 aromatic heterocycles. The Hall–Kier alpha value is -1.59. The lowest BCUT2D eigenvalue weighted by Gasteiger charge is -2.20. The first kappa shape index (κ1) is 11.5. The van der Waals surface area contributed by atoms with E-state index in [1.54, 1.807) is 6.92 Å². The Labute approximate surface area is 88.4 Å². The van der Waals surface area contributed by atoms with Gasteiger partial charge in [0.15, 0.2) is 5.82 Å². The van der Waals surface area contributed by atoms with E-state index in [4.69, 9.17) is 4.52 Å². The van der Waals surface area contributed by atoms with Gasteiger partial charge < -0.3 is 15.2 Å². The van der Waals surface area contributed by atoms with Crippen LogP contribution in [0.1, 0.15) is 32.5 Å². The van der Waals surface area contributed by atoms with Gasteiger partial charge in [-0.1, -0.05) is 5.16 Å². The van der Waals surface area contributed by atoms with Gasteiger partial charge in [-0.15, -0.1) is 0 Å². The van der Waals surface area contributed by atoms with Crippen LogP contribution >= 0.6 is 0 Å². The summed E-state index contributed by atoms with van der Waals surface area (Å²) >= 11 is 0. The van der Waals surface area contributed by atoms with E-state index in [0.29, 0.717) is 11.7 Å². The number of rotatable bonds is 2. The van der Waals surface area contributed by atoms with Crippen LogP contribution in [-0.4, -0.2) is 21.7 Å². The molecular weight excluding hydrogens is 196 g/mol. The SMILES string of the molecule is Cc1noc(CNC(=O)NC(C)(C)C)n1. The van der Waals surface area contributed by atoms with Gasteiger partial charge in [-0.3, -0.25) is 0 Å². The summed E-state index contributed by atoms with van der Waals surface area (Å²) in [7, 11) is 0. The van der Waals surface area contributed by atoms with E-state index >= 15 is 0 Å². The maximum Gasteiger partial charge on any atom is 0.315 e. The molecule has 0 aromatic carbocycles. The predicted octanol–water partition coefficient (Wildman–Crippen LogP) is 0.976. The van der Waals surface area contributed by atoms with Crippen LogP contribution in [0.3, 0.4) is 0 Å². The van der Waals surface area contributed by atoms with Crippen LogP contribution in [0.2, 0.25) is 0 Å². The molecule has 1 aromatic rings. The molecule has 84 valence electrons. The van der Waals surface area contributed by atoms with Crippen molar-refractivity contribution < 1.29 is 9.32 Å². The quantitative estimate of drug-likeness (QED) is 0.765. The molecule has 1 rings (SSSR count). The molecule has 0 aliphatic heterocycles. The van der Waals surface area contributed by atoms with Crippen LogP contribution < -0.4 is 10.6 Å². The molecule has 0 fully saturated rings. The van der Waals surface area contributed by atoms with Gasteiger partial charge in [-0.05, 0) is 27.7 Å². The van der Waals surface area contributed by atoms with Gasteiger partial charge in [-0.25, -0.2) is 4.79 Å². The highest BCUT2D eigenvalue weighted by Gasteiger charge is 2.13. The molecular formula is C9H16N4O2. The van der Waals surface area contributed by atoms with Gasteiger partial charge >= 0.3 is 6.03 Å². The van der Waals surface area contributed by atoms with Crippen LogP contribution in [-0.2, 0) is 6.54 Å². The van der Waals surface area contributed by atoms with Crippen LogP contribution in [0.15, 0.2) is 4.52 Å². The van der Waals surface area contributed by atoms with E-state index in [1.165, 1.54) is 0 Å². The standard InChI is InChI=1S/C9H16N4O2/c1-6-11-7(15-13-6)5-10-8(14)12-9(2,3)4/h5H2,1-4H3,(H2,10,12,14). The Morgan fingerprint density at radius 1 is 1.47 bits per heavy atom. The third kappa shape index (κ3) is 4.44. The number of urea groups is 1. The van der Waals surface area contributed by atoms with Crippen LogP contribution in [0.25, 0.3) is 0 Å². The Balaban J connectivity index is 2.35. The number of nitrogens with zero attached hydrogens (tertiary/aromatic N) is 2. The van der Waals surface area contributed by atoms with E-state index in [2.05, 4.69) is 20.8 Å². The van der Waals surface area contributed by atoms with Gasteiger partial charge in [-0.2, -0.15) is 4.98 Å². The van der Waals surface area contributed by atoms with Gasteiger partial charge in [0.05, 0.1) is 6.54 Å². The highest BCUT2D eigenvalue weighted by Crippen LogP contribution is 1.98. The number of amides is 2. The lowest BCUT2D eigenvalue weighted by Crippen LogP contribution is -2.46. The molecule has 0 aliphatic carbocycles. The van der Waals surface area contributed by atoms with Crippen LogP contribution in [0, 0.1) is 6.92 Å². The minimum absolute atomic E-state index is 0.239. The van der Waals surface area contributed by atoms with Crippen LogP contribution in [0.4, 0.5) is 4.79 Å². The van der Waals surface area contributed by atoms with Crippen molar-refractivity contribution >= 4 is 6.03 Å². The van der Waals surface area contributed by atoms with Crippen molar-refractivity contribution in [1.29, 1.82) is 0 Å². The van der Waals surface area contributed by atoms with Crippen molar-refractivity contribution in [2.75, 3.05) is 0 Å². The number of carbonyl (C=O) groups is 1. The molecule has 0 saturated heterocycles. The average molecular weight is 212 g/mol. The summed E-state index contributed by atoms with van der Waals surface area (Å²) in [4.78, 5) is 15.3. The third-order valence-electron chi connectivity index (χ3n) is 1.46. The first-order chi connectivity index (χ1) is 6.87. The highest BCUT2D eigenvalue weighted by molar-refractivity contribution is 5.74. The maximum atomic E-state index is 11.3. The summed E-state index contributed by atoms with van der Waals surface area (Å²) in [5.74, 6) is 0.958. The molecule has 0 radical (unpaired) electrons. The molecule has 0 spiro atoms. The first-order valence-corrected chi connectivity index (χ1v) is 4.72. The molecule has 15 heavy (non-hydrogen) atoms. The molecule has 0 saturated carbocycles. The summed E-state index contributed by atoms with van der Waals surface area (Å²) in [5, 5.41) is 8.99. The number of hydrogen-bond acceptors (Lipinski definition) is 4. The Morgan fingerprint density at radius 3 is 2.60 bits per heavy atom. The molecule has 6 nitrogen and oxygen atoms in total. The minimum atomic E-state index is -0.255. The normalized spacial score (nSPS) is 11.2. The Bertz CT molecular complexity index is 340. The van der Waals surface area contributed by atoms with Crippen molar-refractivity contribution in [3.8, 4) is 0 Å². The third-order valence-corrected chi connectivity index (χ3v) is 1.46. The van der Waals surface area contributed by atoms with E-state index in [-0.39, 0.29) is 18.1 Å². The maximum absolute atomic E-state index is 11.3. The molecule has 1 heterocycles. The second-order valence-electron chi connectivity index (χ2n) is 4.29. The number of aromatic nitrogens is 2. The second-order valence-corrected chi connectivity index (χ2v) is 4.29. The molecule has 2 N–H and O–H groups in total. The average Bonchev–Trinajstić information content (AvgIpc) is 2.45. The number of aryl methyl sites for hydroxylation is 1. The summed E-state index contributed by atoms with van der Waals surface area (Å²) in [6.07, 6.45) is 0. The lowest BCUT2D eigenvalue weighted by molar-refractivity contribution is 0.229. The van der Waals surface area contributed by atoms with Gasteiger partial charge in [0.1, 0.15) is 0 Å². The highest BCUT2D eigenvalue weighted by atomic mass is 16.5. The molecule has 0 bridgehead atoms. The van der Waals surface area contributed by atoms with Gasteiger partial charge in [0, 0.05) is 5.54 Å². The summed E-state index contributed by atoms with van der Waals surface area (Å²) in [6, 6.07) is -0.252. The fraction of sp³-hybridized carbons (Fsp3) is 0.667. The van der Waals surface area contributed by atoms with E-state index in [0.717, 1.165) is 0 Å². The van der Waals surface area contributed by atoms with Crippen molar-refractivity contribution in [2.45, 2.75) is 39.8 Å². The zero-order chi connectivity index (χ0) is 11.5. The first-order valence-electron chi connectivity index (χ1n) is 4.72. The Morgan fingerprint density at radius 2 is 2.13 bits per heavy atom. The van der Waals surface area contributed by atoms with Crippen molar-refractivity contribution in [1.82, 2.24) is 20.8 Å². The smallest absolute Gasteiger partial charge is 0.315 e. The number of hydrogen-bond donors (Lipinski definition) is 2. The number of nitrogens with one attached hydrogen (secondary N) is 2. The minimum Gasteiger partial charge on any atom is -0.337 e. The fourth-order valence-electron chi connectivity index (χ4n) is 0.953. The largest absolute Gasteiger partial charge is 0.337 e. The zero-order valence-electron chi connectivity index (χ0n) is 9.42.